The quantitative estimate of drug-likeness (QED) is 0.743. The minimum atomic E-state index is -0.495. The molecule has 0 bridgehead atoms. The minimum absolute atomic E-state index is 0.466. The van der Waals surface area contributed by atoms with Crippen LogP contribution in [0.1, 0.15) is 34.6 Å². The molecular weight excluding hydrogens is 202 g/mol. The lowest BCUT2D eigenvalue weighted by molar-refractivity contribution is 0.0547. The van der Waals surface area contributed by atoms with Crippen LogP contribution in [0.5, 0.6) is 0 Å². The van der Waals surface area contributed by atoms with E-state index in [0.29, 0.717) is 5.70 Å². The predicted octanol–water partition coefficient (Wildman–Crippen LogP) is 3.55. The minimum Gasteiger partial charge on any atom is -0.444 e. The zero-order valence-electron chi connectivity index (χ0n) is 10.8. The topological polar surface area (TPSA) is 38.3 Å². The highest BCUT2D eigenvalue weighted by Crippen LogP contribution is 2.09. The van der Waals surface area contributed by atoms with Crippen LogP contribution in [0.25, 0.3) is 0 Å². The Bertz CT molecular complexity index is 319. The second kappa shape index (κ2) is 6.16. The van der Waals surface area contributed by atoms with Gasteiger partial charge in [-0.25, -0.2) is 4.79 Å². The summed E-state index contributed by atoms with van der Waals surface area (Å²) in [6.45, 7) is 12.9. The number of rotatable bonds is 3. The summed E-state index contributed by atoms with van der Waals surface area (Å²) in [4.78, 5) is 11.5. The summed E-state index contributed by atoms with van der Waals surface area (Å²) >= 11 is 0. The summed E-state index contributed by atoms with van der Waals surface area (Å²) in [5.41, 5.74) is 1.10. The van der Waals surface area contributed by atoms with Crippen LogP contribution in [0.4, 0.5) is 4.79 Å². The molecule has 0 fully saturated rings. The molecule has 0 aromatic carbocycles. The Balaban J connectivity index is 4.63. The van der Waals surface area contributed by atoms with Gasteiger partial charge in [0.15, 0.2) is 0 Å². The van der Waals surface area contributed by atoms with Gasteiger partial charge < -0.3 is 4.74 Å². The van der Waals surface area contributed by atoms with Crippen LogP contribution in [0.3, 0.4) is 0 Å². The SMILES string of the molecule is C=C/C(NC(=O)OC(C)(C)C)=C(C)\C=C/C. The summed E-state index contributed by atoms with van der Waals surface area (Å²) < 4.78 is 5.14. The zero-order chi connectivity index (χ0) is 12.8. The molecule has 0 saturated heterocycles. The van der Waals surface area contributed by atoms with Crippen molar-refractivity contribution < 1.29 is 9.53 Å². The van der Waals surface area contributed by atoms with Crippen molar-refractivity contribution in [2.45, 2.75) is 40.2 Å². The lowest BCUT2D eigenvalue weighted by Gasteiger charge is -2.20. The van der Waals surface area contributed by atoms with Crippen molar-refractivity contribution in [1.29, 1.82) is 0 Å². The number of carbonyl (C=O) groups is 1. The summed E-state index contributed by atoms with van der Waals surface area (Å²) in [5.74, 6) is 0. The second-order valence-electron chi connectivity index (χ2n) is 4.43. The Morgan fingerprint density at radius 3 is 2.31 bits per heavy atom. The summed E-state index contributed by atoms with van der Waals surface area (Å²) in [5, 5.41) is 2.66. The van der Waals surface area contributed by atoms with Gasteiger partial charge in [-0.2, -0.15) is 0 Å². The van der Waals surface area contributed by atoms with Gasteiger partial charge in [0.2, 0.25) is 0 Å². The Morgan fingerprint density at radius 2 is 1.94 bits per heavy atom. The van der Waals surface area contributed by atoms with E-state index in [1.807, 2.05) is 46.8 Å². The average molecular weight is 223 g/mol. The monoisotopic (exact) mass is 223 g/mol. The van der Waals surface area contributed by atoms with Gasteiger partial charge in [0.1, 0.15) is 5.60 Å². The number of nitrogens with one attached hydrogen (secondary N) is 1. The van der Waals surface area contributed by atoms with Crippen molar-refractivity contribution in [3.8, 4) is 0 Å². The number of hydrogen-bond donors (Lipinski definition) is 1. The number of allylic oxidation sites excluding steroid dienone is 4. The van der Waals surface area contributed by atoms with Crippen molar-refractivity contribution in [2.75, 3.05) is 0 Å². The first-order valence-corrected chi connectivity index (χ1v) is 5.26. The number of alkyl carbamates (subject to hydrolysis) is 1. The van der Waals surface area contributed by atoms with Crippen LogP contribution < -0.4 is 5.32 Å². The second-order valence-corrected chi connectivity index (χ2v) is 4.43. The molecule has 0 unspecified atom stereocenters. The molecular formula is C13H21NO2. The Kier molecular flexibility index (Phi) is 5.57. The molecule has 0 aliphatic rings. The standard InChI is InChI=1S/C13H21NO2/c1-7-9-10(3)11(8-2)14-12(15)16-13(4,5)6/h7-9H,2H2,1,3-6H3,(H,14,15)/b9-7-,11-10+. The zero-order valence-corrected chi connectivity index (χ0v) is 10.8. The van der Waals surface area contributed by atoms with E-state index in [1.54, 1.807) is 6.08 Å². The highest BCUT2D eigenvalue weighted by atomic mass is 16.6. The van der Waals surface area contributed by atoms with E-state index in [2.05, 4.69) is 11.9 Å². The smallest absolute Gasteiger partial charge is 0.412 e. The van der Waals surface area contributed by atoms with E-state index < -0.39 is 11.7 Å². The van der Waals surface area contributed by atoms with E-state index in [1.165, 1.54) is 0 Å². The summed E-state index contributed by atoms with van der Waals surface area (Å²) in [6, 6.07) is 0. The Labute approximate surface area is 97.9 Å². The van der Waals surface area contributed by atoms with Gasteiger partial charge in [0, 0.05) is 5.70 Å². The molecule has 16 heavy (non-hydrogen) atoms. The third-order valence-corrected chi connectivity index (χ3v) is 1.68. The van der Waals surface area contributed by atoms with Gasteiger partial charge in [0.05, 0.1) is 0 Å². The fourth-order valence-corrected chi connectivity index (χ4v) is 1.06. The highest BCUT2D eigenvalue weighted by Gasteiger charge is 2.16. The van der Waals surface area contributed by atoms with E-state index in [0.717, 1.165) is 5.57 Å². The normalized spacial score (nSPS) is 13.3. The molecule has 0 heterocycles. The van der Waals surface area contributed by atoms with Crippen molar-refractivity contribution in [2.24, 2.45) is 0 Å². The van der Waals surface area contributed by atoms with E-state index in [4.69, 9.17) is 4.74 Å². The molecule has 3 nitrogen and oxygen atoms in total. The van der Waals surface area contributed by atoms with E-state index >= 15 is 0 Å². The van der Waals surface area contributed by atoms with Crippen LogP contribution in [-0.4, -0.2) is 11.7 Å². The molecule has 0 aliphatic heterocycles. The molecule has 1 amide bonds. The molecule has 0 atom stereocenters. The van der Waals surface area contributed by atoms with Gasteiger partial charge in [0.25, 0.3) is 0 Å². The lowest BCUT2D eigenvalue weighted by Crippen LogP contribution is -2.32. The van der Waals surface area contributed by atoms with Crippen LogP contribution in [0, 0.1) is 0 Å². The first kappa shape index (κ1) is 14.5. The van der Waals surface area contributed by atoms with Crippen molar-refractivity contribution >= 4 is 6.09 Å². The van der Waals surface area contributed by atoms with Crippen molar-refractivity contribution in [3.63, 3.8) is 0 Å². The number of amides is 1. The molecule has 0 rings (SSSR count). The molecule has 3 heteroatoms. The first-order valence-electron chi connectivity index (χ1n) is 5.26. The van der Waals surface area contributed by atoms with Gasteiger partial charge in [-0.05, 0) is 46.3 Å². The fraction of sp³-hybridized carbons (Fsp3) is 0.462. The Hall–Kier alpha value is -1.51. The number of carbonyl (C=O) groups excluding carboxylic acids is 1. The predicted molar refractivity (Wildman–Crippen MR) is 67.1 cm³/mol. The number of hydrogen-bond acceptors (Lipinski definition) is 2. The molecule has 0 spiro atoms. The average Bonchev–Trinajstić information content (AvgIpc) is 2.11. The van der Waals surface area contributed by atoms with Crippen LogP contribution in [0.2, 0.25) is 0 Å². The van der Waals surface area contributed by atoms with Crippen LogP contribution in [0.15, 0.2) is 36.1 Å². The lowest BCUT2D eigenvalue weighted by atomic mass is 10.2. The molecule has 0 saturated carbocycles. The molecule has 0 aromatic rings. The van der Waals surface area contributed by atoms with Gasteiger partial charge >= 0.3 is 6.09 Å². The van der Waals surface area contributed by atoms with Crippen LogP contribution in [-0.2, 0) is 4.74 Å². The molecule has 0 radical (unpaired) electrons. The Morgan fingerprint density at radius 1 is 1.38 bits per heavy atom. The third kappa shape index (κ3) is 6.06. The summed E-state index contributed by atoms with van der Waals surface area (Å²) in [6.07, 6.45) is 4.93. The van der Waals surface area contributed by atoms with Gasteiger partial charge in [-0.15, -0.1) is 0 Å². The highest BCUT2D eigenvalue weighted by molar-refractivity contribution is 5.71. The van der Waals surface area contributed by atoms with Gasteiger partial charge in [-0.3, -0.25) is 5.32 Å². The molecule has 1 N–H and O–H groups in total. The van der Waals surface area contributed by atoms with Gasteiger partial charge in [-0.1, -0.05) is 18.7 Å². The summed E-state index contributed by atoms with van der Waals surface area (Å²) in [7, 11) is 0. The molecule has 0 aliphatic carbocycles. The van der Waals surface area contributed by atoms with Crippen molar-refractivity contribution in [3.05, 3.63) is 36.1 Å². The molecule has 0 aromatic heterocycles. The maximum atomic E-state index is 11.5. The number of ether oxygens (including phenoxy) is 1. The fourth-order valence-electron chi connectivity index (χ4n) is 1.06. The maximum absolute atomic E-state index is 11.5. The van der Waals surface area contributed by atoms with Crippen LogP contribution >= 0.6 is 0 Å². The maximum Gasteiger partial charge on any atom is 0.412 e. The first-order chi connectivity index (χ1) is 7.30. The molecule has 90 valence electrons. The third-order valence-electron chi connectivity index (χ3n) is 1.68. The van der Waals surface area contributed by atoms with Crippen molar-refractivity contribution in [1.82, 2.24) is 5.32 Å². The van der Waals surface area contributed by atoms with E-state index in [9.17, 15) is 4.79 Å². The largest absolute Gasteiger partial charge is 0.444 e. The van der Waals surface area contributed by atoms with E-state index in [-0.39, 0.29) is 0 Å².